The maximum Gasteiger partial charge on any atom is 0.347 e. The Kier molecular flexibility index (Phi) is 5.59. The molecule has 2 atom stereocenters. The fraction of sp³-hybridized carbons (Fsp3) is 1.00. The summed E-state index contributed by atoms with van der Waals surface area (Å²) >= 11 is 8.71. The second-order valence-electron chi connectivity index (χ2n) is 1.89. The van der Waals surface area contributed by atoms with Gasteiger partial charge in [0, 0.05) is 0 Å². The van der Waals surface area contributed by atoms with Crippen LogP contribution in [0.2, 0.25) is 0 Å². The van der Waals surface area contributed by atoms with E-state index in [1.165, 1.54) is 0 Å². The molecular formula is C4H2Cl2F6S2. The second kappa shape index (κ2) is 5.27. The zero-order chi connectivity index (χ0) is 11.6. The molecule has 86 valence electrons. The van der Waals surface area contributed by atoms with Crippen LogP contribution in [-0.4, -0.2) is 21.8 Å². The molecule has 0 aliphatic heterocycles. The van der Waals surface area contributed by atoms with Crippen molar-refractivity contribution in [3.63, 3.8) is 0 Å². The molecule has 0 heterocycles. The standard InChI is InChI=1S/C4H2Cl2F6S2/c5-1(7)3(9,10)13-14-4(11,12)2(6)8/h1-2H. The first-order valence-corrected chi connectivity index (χ1v) is 5.80. The zero-order valence-corrected chi connectivity index (χ0v) is 9.14. The van der Waals surface area contributed by atoms with Gasteiger partial charge in [-0.2, -0.15) is 17.6 Å². The smallest absolute Gasteiger partial charge is 0.222 e. The third-order valence-electron chi connectivity index (χ3n) is 0.772. The summed E-state index contributed by atoms with van der Waals surface area (Å²) in [7, 11) is -1.75. The normalized spacial score (nSPS) is 18.0. The van der Waals surface area contributed by atoms with Gasteiger partial charge in [0.05, 0.1) is 0 Å². The van der Waals surface area contributed by atoms with Gasteiger partial charge in [0.1, 0.15) is 0 Å². The van der Waals surface area contributed by atoms with Gasteiger partial charge in [0.25, 0.3) is 0 Å². The lowest BCUT2D eigenvalue weighted by Gasteiger charge is -2.19. The zero-order valence-electron chi connectivity index (χ0n) is 5.99. The van der Waals surface area contributed by atoms with Crippen molar-refractivity contribution in [3.8, 4) is 0 Å². The predicted octanol–water partition coefficient (Wildman–Crippen LogP) is 4.62. The van der Waals surface area contributed by atoms with Gasteiger partial charge in [-0.25, -0.2) is 8.78 Å². The van der Waals surface area contributed by atoms with Crippen molar-refractivity contribution in [3.05, 3.63) is 0 Å². The second-order valence-corrected chi connectivity index (χ2v) is 5.08. The highest BCUT2D eigenvalue weighted by atomic mass is 35.5. The number of rotatable bonds is 5. The van der Waals surface area contributed by atoms with Gasteiger partial charge < -0.3 is 0 Å². The third-order valence-corrected chi connectivity index (χ3v) is 4.10. The Hall–Kier alpha value is 0.860. The number of hydrogen-bond donors (Lipinski definition) is 0. The molecule has 0 bridgehead atoms. The molecule has 0 saturated heterocycles. The van der Waals surface area contributed by atoms with Crippen molar-refractivity contribution < 1.29 is 26.3 Å². The molecular weight excluding hydrogens is 297 g/mol. The molecule has 0 fully saturated rings. The van der Waals surface area contributed by atoms with Crippen molar-refractivity contribution in [2.75, 3.05) is 0 Å². The van der Waals surface area contributed by atoms with Crippen molar-refractivity contribution in [1.29, 1.82) is 0 Å². The van der Waals surface area contributed by atoms with E-state index in [1.54, 1.807) is 0 Å². The summed E-state index contributed by atoms with van der Waals surface area (Å²) < 4.78 is 72.8. The molecule has 0 aliphatic rings. The molecule has 0 radical (unpaired) electrons. The van der Waals surface area contributed by atoms with E-state index in [2.05, 4.69) is 23.2 Å². The fourth-order valence-electron chi connectivity index (χ4n) is 0.184. The van der Waals surface area contributed by atoms with Gasteiger partial charge in [-0.1, -0.05) is 23.2 Å². The summed E-state index contributed by atoms with van der Waals surface area (Å²) in [4.78, 5) is 0. The largest absolute Gasteiger partial charge is 0.347 e. The maximum atomic E-state index is 12.3. The minimum Gasteiger partial charge on any atom is -0.222 e. The Balaban J connectivity index is 4.18. The number of hydrogen-bond acceptors (Lipinski definition) is 2. The lowest BCUT2D eigenvalue weighted by atomic mass is 10.8. The van der Waals surface area contributed by atoms with Gasteiger partial charge in [-0.05, 0) is 21.6 Å². The summed E-state index contributed by atoms with van der Waals surface area (Å²) in [6.45, 7) is 0. The molecule has 0 spiro atoms. The summed E-state index contributed by atoms with van der Waals surface area (Å²) in [5, 5.41) is -8.47. The molecule has 0 aliphatic carbocycles. The van der Waals surface area contributed by atoms with E-state index in [0.29, 0.717) is 0 Å². The average molecular weight is 299 g/mol. The van der Waals surface area contributed by atoms with Gasteiger partial charge in [-0.15, -0.1) is 0 Å². The van der Waals surface area contributed by atoms with Crippen LogP contribution in [0, 0.1) is 0 Å². The first-order valence-electron chi connectivity index (χ1n) is 2.78. The molecule has 0 aromatic heterocycles. The van der Waals surface area contributed by atoms with E-state index in [1.807, 2.05) is 0 Å². The van der Waals surface area contributed by atoms with Crippen LogP contribution in [-0.2, 0) is 0 Å². The Morgan fingerprint density at radius 2 is 1.00 bits per heavy atom. The van der Waals surface area contributed by atoms with Gasteiger partial charge in [0.15, 0.2) is 0 Å². The van der Waals surface area contributed by atoms with Crippen LogP contribution in [0.1, 0.15) is 0 Å². The van der Waals surface area contributed by atoms with Crippen LogP contribution in [0.15, 0.2) is 0 Å². The van der Waals surface area contributed by atoms with E-state index in [-0.39, 0.29) is 0 Å². The summed E-state index contributed by atoms with van der Waals surface area (Å²) in [6, 6.07) is 0. The van der Waals surface area contributed by atoms with E-state index in [9.17, 15) is 26.3 Å². The Bertz CT molecular complexity index is 167. The first kappa shape index (κ1) is 14.9. The first-order chi connectivity index (χ1) is 6.09. The molecule has 0 aromatic rings. The molecule has 0 aromatic carbocycles. The van der Waals surface area contributed by atoms with Gasteiger partial charge >= 0.3 is 10.5 Å². The van der Waals surface area contributed by atoms with Crippen molar-refractivity contribution in [2.45, 2.75) is 21.8 Å². The van der Waals surface area contributed by atoms with E-state index in [4.69, 9.17) is 0 Å². The van der Waals surface area contributed by atoms with Crippen molar-refractivity contribution in [1.82, 2.24) is 0 Å². The summed E-state index contributed by atoms with van der Waals surface area (Å²) in [5.41, 5.74) is -6.27. The highest BCUT2D eigenvalue weighted by molar-refractivity contribution is 8.77. The minimum absolute atomic E-state index is 0.876. The summed E-state index contributed by atoms with van der Waals surface area (Å²) in [5.74, 6) is 0. The topological polar surface area (TPSA) is 0 Å². The molecule has 0 amide bonds. The van der Waals surface area contributed by atoms with Crippen molar-refractivity contribution >= 4 is 44.8 Å². The number of alkyl halides is 8. The van der Waals surface area contributed by atoms with Crippen LogP contribution in [0.3, 0.4) is 0 Å². The van der Waals surface area contributed by atoms with Crippen molar-refractivity contribution in [2.24, 2.45) is 0 Å². The highest BCUT2D eigenvalue weighted by Crippen LogP contribution is 2.52. The number of halogens is 8. The van der Waals surface area contributed by atoms with Gasteiger partial charge in [0.2, 0.25) is 11.3 Å². The lowest BCUT2D eigenvalue weighted by molar-refractivity contribution is 0.0502. The Labute approximate surface area is 93.1 Å². The summed E-state index contributed by atoms with van der Waals surface area (Å²) in [6.07, 6.45) is 0. The third kappa shape index (κ3) is 4.59. The molecule has 14 heavy (non-hydrogen) atoms. The molecule has 10 heteroatoms. The maximum absolute atomic E-state index is 12.3. The monoisotopic (exact) mass is 298 g/mol. The highest BCUT2D eigenvalue weighted by Gasteiger charge is 2.47. The molecule has 2 unspecified atom stereocenters. The molecule has 0 nitrogen and oxygen atoms in total. The predicted molar refractivity (Wildman–Crippen MR) is 46.6 cm³/mol. The Morgan fingerprint density at radius 3 is 1.14 bits per heavy atom. The van der Waals surface area contributed by atoms with E-state index in [0.717, 1.165) is 0 Å². The van der Waals surface area contributed by atoms with E-state index >= 15 is 0 Å². The molecule has 0 saturated carbocycles. The van der Waals surface area contributed by atoms with Crippen LogP contribution < -0.4 is 0 Å². The van der Waals surface area contributed by atoms with E-state index < -0.39 is 43.4 Å². The Morgan fingerprint density at radius 1 is 0.786 bits per heavy atom. The average Bonchev–Trinajstić information content (AvgIpc) is 2.01. The molecule has 0 N–H and O–H groups in total. The lowest BCUT2D eigenvalue weighted by Crippen LogP contribution is -2.24. The quantitative estimate of drug-likeness (QED) is 0.412. The van der Waals surface area contributed by atoms with Crippen LogP contribution in [0.25, 0.3) is 0 Å². The fourth-order valence-corrected chi connectivity index (χ4v) is 2.31. The SMILES string of the molecule is FC(Cl)C(F)(F)SSC(F)(F)C(F)Cl. The minimum atomic E-state index is -4.23. The van der Waals surface area contributed by atoms with Crippen LogP contribution in [0.4, 0.5) is 26.3 Å². The van der Waals surface area contributed by atoms with Crippen LogP contribution >= 0.6 is 44.8 Å². The van der Waals surface area contributed by atoms with Crippen LogP contribution in [0.5, 0.6) is 0 Å². The van der Waals surface area contributed by atoms with Gasteiger partial charge in [-0.3, -0.25) is 0 Å². The molecule has 0 rings (SSSR count).